The van der Waals surface area contributed by atoms with E-state index in [-0.39, 0.29) is 0 Å². The van der Waals surface area contributed by atoms with Gasteiger partial charge in [-0.05, 0) is 6.92 Å². The van der Waals surface area contributed by atoms with Crippen molar-refractivity contribution in [1.29, 1.82) is 0 Å². The fourth-order valence-corrected chi connectivity index (χ4v) is 1.53. The SMILES string of the molecule is C=CC[C@@H]1O[C@](C)(OC)[C@@](C)(OC)OC1=O. The summed E-state index contributed by atoms with van der Waals surface area (Å²) >= 11 is 0. The molecule has 0 aromatic carbocycles. The summed E-state index contributed by atoms with van der Waals surface area (Å²) < 4.78 is 21.2. The molecule has 0 radical (unpaired) electrons. The van der Waals surface area contributed by atoms with E-state index in [2.05, 4.69) is 6.58 Å². The first-order valence-corrected chi connectivity index (χ1v) is 5.04. The highest BCUT2D eigenvalue weighted by atomic mass is 16.8. The van der Waals surface area contributed by atoms with Crippen molar-refractivity contribution in [3.8, 4) is 0 Å². The van der Waals surface area contributed by atoms with Gasteiger partial charge in [0.25, 0.3) is 5.79 Å². The Hall–Kier alpha value is -0.910. The van der Waals surface area contributed by atoms with Crippen molar-refractivity contribution in [1.82, 2.24) is 0 Å². The van der Waals surface area contributed by atoms with Crippen LogP contribution in [0.5, 0.6) is 0 Å². The van der Waals surface area contributed by atoms with Gasteiger partial charge in [0.05, 0.1) is 0 Å². The molecule has 0 bridgehead atoms. The summed E-state index contributed by atoms with van der Waals surface area (Å²) in [7, 11) is 2.91. The molecule has 0 aromatic rings. The lowest BCUT2D eigenvalue weighted by molar-refractivity contribution is -0.405. The maximum Gasteiger partial charge on any atom is 0.338 e. The number of carbonyl (C=O) groups is 1. The number of rotatable bonds is 4. The third-order valence-electron chi connectivity index (χ3n) is 2.91. The van der Waals surface area contributed by atoms with Crippen LogP contribution in [-0.4, -0.2) is 37.9 Å². The van der Waals surface area contributed by atoms with E-state index in [1.54, 1.807) is 19.9 Å². The van der Waals surface area contributed by atoms with E-state index in [4.69, 9.17) is 18.9 Å². The molecule has 0 amide bonds. The zero-order valence-electron chi connectivity index (χ0n) is 10.1. The second-order valence-corrected chi connectivity index (χ2v) is 3.85. The van der Waals surface area contributed by atoms with Crippen LogP contribution in [0.15, 0.2) is 12.7 Å². The minimum absolute atomic E-state index is 0.373. The lowest BCUT2D eigenvalue weighted by Crippen LogP contribution is -2.63. The van der Waals surface area contributed by atoms with Crippen LogP contribution < -0.4 is 0 Å². The van der Waals surface area contributed by atoms with Gasteiger partial charge in [-0.25, -0.2) is 4.79 Å². The molecule has 1 fully saturated rings. The van der Waals surface area contributed by atoms with E-state index in [0.29, 0.717) is 6.42 Å². The second kappa shape index (κ2) is 4.53. The van der Waals surface area contributed by atoms with Crippen molar-refractivity contribution in [3.63, 3.8) is 0 Å². The molecule has 1 rings (SSSR count). The maximum atomic E-state index is 11.6. The van der Waals surface area contributed by atoms with Crippen LogP contribution in [0, 0.1) is 0 Å². The third kappa shape index (κ3) is 1.98. The van der Waals surface area contributed by atoms with Gasteiger partial charge in [0.1, 0.15) is 0 Å². The maximum absolute atomic E-state index is 11.6. The summed E-state index contributed by atoms with van der Waals surface area (Å²) in [6, 6.07) is 0. The van der Waals surface area contributed by atoms with Crippen LogP contribution in [0.25, 0.3) is 0 Å². The monoisotopic (exact) mass is 230 g/mol. The molecule has 1 aliphatic heterocycles. The van der Waals surface area contributed by atoms with Gasteiger partial charge in [0, 0.05) is 27.6 Å². The van der Waals surface area contributed by atoms with Crippen molar-refractivity contribution in [2.45, 2.75) is 37.9 Å². The van der Waals surface area contributed by atoms with Crippen LogP contribution >= 0.6 is 0 Å². The summed E-state index contributed by atoms with van der Waals surface area (Å²) in [5.41, 5.74) is 0. The Morgan fingerprint density at radius 3 is 2.38 bits per heavy atom. The van der Waals surface area contributed by atoms with Crippen LogP contribution in [0.1, 0.15) is 20.3 Å². The summed E-state index contributed by atoms with van der Waals surface area (Å²) in [6.45, 7) is 6.82. The van der Waals surface area contributed by atoms with E-state index in [1.807, 2.05) is 0 Å². The largest absolute Gasteiger partial charge is 0.425 e. The molecule has 0 aliphatic carbocycles. The Morgan fingerprint density at radius 1 is 1.38 bits per heavy atom. The zero-order valence-corrected chi connectivity index (χ0v) is 10.1. The van der Waals surface area contributed by atoms with Crippen LogP contribution in [0.3, 0.4) is 0 Å². The number of hydrogen-bond acceptors (Lipinski definition) is 5. The average molecular weight is 230 g/mol. The van der Waals surface area contributed by atoms with E-state index in [0.717, 1.165) is 0 Å². The van der Waals surface area contributed by atoms with Gasteiger partial charge in [-0.1, -0.05) is 6.08 Å². The molecule has 0 saturated carbocycles. The molecule has 0 N–H and O–H groups in total. The van der Waals surface area contributed by atoms with E-state index >= 15 is 0 Å². The lowest BCUT2D eigenvalue weighted by Gasteiger charge is -2.47. The highest BCUT2D eigenvalue weighted by Crippen LogP contribution is 2.37. The second-order valence-electron chi connectivity index (χ2n) is 3.85. The predicted molar refractivity (Wildman–Crippen MR) is 56.6 cm³/mol. The quantitative estimate of drug-likeness (QED) is 0.537. The number of esters is 1. The van der Waals surface area contributed by atoms with Crippen molar-refractivity contribution in [2.75, 3.05) is 14.2 Å². The standard InChI is InChI=1S/C11H18O5/c1-6-7-8-9(12)16-11(3,14-5)10(2,13-4)15-8/h6,8H,1,7H2,2-5H3/t8-,10-,11-/m0/s1. The number of methoxy groups -OCH3 is 2. The smallest absolute Gasteiger partial charge is 0.338 e. The summed E-state index contributed by atoms with van der Waals surface area (Å²) in [5, 5.41) is 0. The average Bonchev–Trinajstić information content (AvgIpc) is 2.26. The molecular formula is C11H18O5. The first-order chi connectivity index (χ1) is 7.42. The van der Waals surface area contributed by atoms with Gasteiger partial charge in [-0.15, -0.1) is 6.58 Å². The Labute approximate surface area is 95.3 Å². The molecule has 1 heterocycles. The highest BCUT2D eigenvalue weighted by molar-refractivity contribution is 5.76. The number of hydrogen-bond donors (Lipinski definition) is 0. The van der Waals surface area contributed by atoms with Gasteiger partial charge in [-0.3, -0.25) is 0 Å². The molecule has 5 nitrogen and oxygen atoms in total. The van der Waals surface area contributed by atoms with Crippen LogP contribution in [0.4, 0.5) is 0 Å². The first kappa shape index (κ1) is 13.2. The fraction of sp³-hybridized carbons (Fsp3) is 0.727. The summed E-state index contributed by atoms with van der Waals surface area (Å²) in [4.78, 5) is 11.6. The predicted octanol–water partition coefficient (Wildman–Crippen LogP) is 1.23. The van der Waals surface area contributed by atoms with Crippen molar-refractivity contribution in [3.05, 3.63) is 12.7 Å². The molecule has 92 valence electrons. The first-order valence-electron chi connectivity index (χ1n) is 5.04. The number of carbonyl (C=O) groups excluding carboxylic acids is 1. The van der Waals surface area contributed by atoms with Crippen molar-refractivity contribution >= 4 is 5.97 Å². The third-order valence-corrected chi connectivity index (χ3v) is 2.91. The Balaban J connectivity index is 2.96. The van der Waals surface area contributed by atoms with Gasteiger partial charge < -0.3 is 18.9 Å². The van der Waals surface area contributed by atoms with Gasteiger partial charge >= 0.3 is 5.97 Å². The van der Waals surface area contributed by atoms with E-state index in [9.17, 15) is 4.79 Å². The molecular weight excluding hydrogens is 212 g/mol. The molecule has 0 aromatic heterocycles. The topological polar surface area (TPSA) is 54.0 Å². The van der Waals surface area contributed by atoms with Crippen molar-refractivity contribution < 1.29 is 23.7 Å². The number of cyclic esters (lactones) is 1. The molecule has 1 saturated heterocycles. The molecule has 16 heavy (non-hydrogen) atoms. The van der Waals surface area contributed by atoms with Crippen molar-refractivity contribution in [2.24, 2.45) is 0 Å². The molecule has 0 unspecified atom stereocenters. The van der Waals surface area contributed by atoms with Gasteiger partial charge in [0.2, 0.25) is 5.79 Å². The highest BCUT2D eigenvalue weighted by Gasteiger charge is 2.57. The Morgan fingerprint density at radius 2 is 1.94 bits per heavy atom. The molecule has 1 aliphatic rings. The molecule has 5 heteroatoms. The summed E-state index contributed by atoms with van der Waals surface area (Å²) in [6.07, 6.45) is 1.26. The van der Waals surface area contributed by atoms with Crippen LogP contribution in [-0.2, 0) is 23.7 Å². The zero-order chi connectivity index (χ0) is 12.4. The Kier molecular flexibility index (Phi) is 3.72. The van der Waals surface area contributed by atoms with E-state index in [1.165, 1.54) is 14.2 Å². The van der Waals surface area contributed by atoms with E-state index < -0.39 is 23.6 Å². The minimum atomic E-state index is -1.25. The molecule has 3 atom stereocenters. The number of ether oxygens (including phenoxy) is 4. The van der Waals surface area contributed by atoms with Crippen LogP contribution in [0.2, 0.25) is 0 Å². The molecule has 0 spiro atoms. The summed E-state index contributed by atoms with van der Waals surface area (Å²) in [5.74, 6) is -2.86. The Bertz CT molecular complexity index is 290. The van der Waals surface area contributed by atoms with Gasteiger partial charge in [0.15, 0.2) is 6.10 Å². The normalized spacial score (nSPS) is 39.2. The fourth-order valence-electron chi connectivity index (χ4n) is 1.53. The lowest BCUT2D eigenvalue weighted by atomic mass is 10.1. The minimum Gasteiger partial charge on any atom is -0.425 e. The van der Waals surface area contributed by atoms with Gasteiger partial charge in [-0.2, -0.15) is 0 Å².